The third-order valence-corrected chi connectivity index (χ3v) is 7.53. The maximum atomic E-state index is 11.8. The van der Waals surface area contributed by atoms with Gasteiger partial charge in [-0.1, -0.05) is 6.58 Å². The van der Waals surface area contributed by atoms with Gasteiger partial charge in [0.25, 0.3) is 0 Å². The van der Waals surface area contributed by atoms with Gasteiger partial charge in [-0.15, -0.1) is 11.3 Å². The number of rotatable bonds is 6. The van der Waals surface area contributed by atoms with Gasteiger partial charge in [-0.05, 0) is 44.4 Å². The molecule has 182 valence electrons. The van der Waals surface area contributed by atoms with Crippen molar-refractivity contribution in [3.8, 4) is 11.3 Å². The van der Waals surface area contributed by atoms with Gasteiger partial charge in [0, 0.05) is 58.8 Å². The first-order valence-electron chi connectivity index (χ1n) is 12.2. The predicted octanol–water partition coefficient (Wildman–Crippen LogP) is 4.06. The summed E-state index contributed by atoms with van der Waals surface area (Å²) in [5.74, 6) is 0.914. The fourth-order valence-electron chi connectivity index (χ4n) is 4.90. The van der Waals surface area contributed by atoms with Gasteiger partial charge in [0.1, 0.15) is 5.82 Å². The number of amides is 1. The highest BCUT2D eigenvalue weighted by molar-refractivity contribution is 7.10. The number of aromatic nitrogens is 3. The van der Waals surface area contributed by atoms with Crippen LogP contribution in [0.1, 0.15) is 43.6 Å². The molecule has 3 aliphatic rings. The van der Waals surface area contributed by atoms with Crippen LogP contribution in [-0.4, -0.2) is 56.7 Å². The molecule has 0 aromatic carbocycles. The molecular formula is C26H30N6O2S. The van der Waals surface area contributed by atoms with E-state index in [9.17, 15) is 4.79 Å². The number of ether oxygens (including phenoxy) is 1. The quantitative estimate of drug-likeness (QED) is 0.542. The van der Waals surface area contributed by atoms with Gasteiger partial charge in [0.05, 0.1) is 30.5 Å². The first kappa shape index (κ1) is 22.5. The van der Waals surface area contributed by atoms with Crippen LogP contribution in [-0.2, 0) is 16.1 Å². The molecule has 2 saturated heterocycles. The van der Waals surface area contributed by atoms with Crippen LogP contribution in [0.4, 0.5) is 5.82 Å². The fraction of sp³-hybridized carbons (Fsp3) is 0.423. The Kier molecular flexibility index (Phi) is 5.70. The Hall–Kier alpha value is -3.01. The van der Waals surface area contributed by atoms with Crippen molar-refractivity contribution in [1.29, 1.82) is 0 Å². The van der Waals surface area contributed by atoms with Gasteiger partial charge in [-0.25, -0.2) is 4.98 Å². The second-order valence-corrected chi connectivity index (χ2v) is 10.9. The molecule has 8 nitrogen and oxygen atoms in total. The highest BCUT2D eigenvalue weighted by atomic mass is 32.1. The Morgan fingerprint density at radius 3 is 2.80 bits per heavy atom. The van der Waals surface area contributed by atoms with E-state index in [1.54, 1.807) is 11.3 Å². The number of allylic oxidation sites excluding steroid dienone is 1. The van der Waals surface area contributed by atoms with Gasteiger partial charge < -0.3 is 15.4 Å². The van der Waals surface area contributed by atoms with Crippen LogP contribution in [0.5, 0.6) is 0 Å². The maximum Gasteiger partial charge on any atom is 0.228 e. The topological polar surface area (TPSA) is 83.8 Å². The van der Waals surface area contributed by atoms with E-state index in [0.29, 0.717) is 18.2 Å². The van der Waals surface area contributed by atoms with Crippen molar-refractivity contribution in [1.82, 2.24) is 24.8 Å². The number of carbonyl (C=O) groups is 1. The Bertz CT molecular complexity index is 1330. The van der Waals surface area contributed by atoms with Crippen LogP contribution in [0, 0.1) is 0 Å². The highest BCUT2D eigenvalue weighted by Crippen LogP contribution is 2.32. The Morgan fingerprint density at radius 2 is 2.09 bits per heavy atom. The molecule has 5 heterocycles. The minimum atomic E-state index is -0.0303. The number of nitrogens with one attached hydrogen (secondary N) is 2. The summed E-state index contributed by atoms with van der Waals surface area (Å²) in [6, 6.07) is 4.84. The average Bonchev–Trinajstić information content (AvgIpc) is 3.18. The van der Waals surface area contributed by atoms with Gasteiger partial charge in [0.15, 0.2) is 5.65 Å². The van der Waals surface area contributed by atoms with Crippen LogP contribution in [0.15, 0.2) is 41.6 Å². The monoisotopic (exact) mass is 490 g/mol. The third-order valence-electron chi connectivity index (χ3n) is 6.61. The molecule has 35 heavy (non-hydrogen) atoms. The Morgan fingerprint density at radius 1 is 1.29 bits per heavy atom. The molecule has 6 rings (SSSR count). The highest BCUT2D eigenvalue weighted by Gasteiger charge is 2.25. The SMILES string of the molecule is C=C1NC(=O)C/C1=C\c1cnn2c(NC3CC3)cc(-c3csc(CN4CC(C)OC(C)C4)c3)nc12. The lowest BCUT2D eigenvalue weighted by Crippen LogP contribution is -2.44. The summed E-state index contributed by atoms with van der Waals surface area (Å²) < 4.78 is 7.75. The summed E-state index contributed by atoms with van der Waals surface area (Å²) in [6.45, 7) is 11.1. The number of carbonyl (C=O) groups excluding carboxylic acids is 1. The van der Waals surface area contributed by atoms with Crippen molar-refractivity contribution in [3.63, 3.8) is 0 Å². The summed E-state index contributed by atoms with van der Waals surface area (Å²) in [5, 5.41) is 13.2. The fourth-order valence-corrected chi connectivity index (χ4v) is 5.82. The van der Waals surface area contributed by atoms with Crippen LogP contribution < -0.4 is 10.6 Å². The van der Waals surface area contributed by atoms with E-state index in [1.807, 2.05) is 16.8 Å². The first-order valence-corrected chi connectivity index (χ1v) is 13.1. The van der Waals surface area contributed by atoms with Crippen molar-refractivity contribution in [2.24, 2.45) is 0 Å². The molecule has 9 heteroatoms. The number of thiophene rings is 1. The van der Waals surface area contributed by atoms with Crippen LogP contribution >= 0.6 is 11.3 Å². The molecule has 2 aliphatic heterocycles. The summed E-state index contributed by atoms with van der Waals surface area (Å²) in [6.07, 6.45) is 6.97. The molecule has 2 N–H and O–H groups in total. The molecule has 3 fully saturated rings. The molecule has 0 bridgehead atoms. The normalized spacial score (nSPS) is 24.5. The molecule has 1 saturated carbocycles. The van der Waals surface area contributed by atoms with Gasteiger partial charge in [0.2, 0.25) is 5.91 Å². The van der Waals surface area contributed by atoms with Crippen LogP contribution in [0.3, 0.4) is 0 Å². The van der Waals surface area contributed by atoms with Crippen LogP contribution in [0.25, 0.3) is 23.0 Å². The number of morpholine rings is 1. The molecule has 2 unspecified atom stereocenters. The number of hydrogen-bond donors (Lipinski definition) is 2. The molecule has 3 aromatic rings. The number of fused-ring (bicyclic) bond motifs is 1. The third kappa shape index (κ3) is 4.76. The molecule has 3 aromatic heterocycles. The molecule has 0 spiro atoms. The van der Waals surface area contributed by atoms with Gasteiger partial charge in [-0.2, -0.15) is 9.61 Å². The van der Waals surface area contributed by atoms with Crippen molar-refractivity contribution in [3.05, 3.63) is 52.0 Å². The Balaban J connectivity index is 1.33. The molecule has 1 aliphatic carbocycles. The zero-order valence-electron chi connectivity index (χ0n) is 20.1. The van der Waals surface area contributed by atoms with E-state index in [-0.39, 0.29) is 18.1 Å². The maximum absolute atomic E-state index is 11.8. The van der Waals surface area contributed by atoms with Crippen molar-refractivity contribution in [2.75, 3.05) is 18.4 Å². The summed E-state index contributed by atoms with van der Waals surface area (Å²) in [7, 11) is 0. The van der Waals surface area contributed by atoms with E-state index in [1.165, 1.54) is 17.7 Å². The minimum absolute atomic E-state index is 0.0303. The molecule has 2 atom stereocenters. The van der Waals surface area contributed by atoms with Crippen molar-refractivity contribution in [2.45, 2.75) is 57.9 Å². The van der Waals surface area contributed by atoms with E-state index in [2.05, 4.69) is 58.6 Å². The van der Waals surface area contributed by atoms with E-state index in [0.717, 1.165) is 53.5 Å². The second-order valence-electron chi connectivity index (χ2n) is 9.91. The summed E-state index contributed by atoms with van der Waals surface area (Å²) in [5.41, 5.74) is 5.21. The average molecular weight is 491 g/mol. The minimum Gasteiger partial charge on any atom is -0.373 e. The van der Waals surface area contributed by atoms with Crippen molar-refractivity contribution < 1.29 is 9.53 Å². The molecular weight excluding hydrogens is 460 g/mol. The van der Waals surface area contributed by atoms with E-state index >= 15 is 0 Å². The smallest absolute Gasteiger partial charge is 0.228 e. The number of nitrogens with zero attached hydrogens (tertiary/aromatic N) is 4. The lowest BCUT2D eigenvalue weighted by molar-refractivity contribution is -0.118. The lowest BCUT2D eigenvalue weighted by atomic mass is 10.1. The summed E-state index contributed by atoms with van der Waals surface area (Å²) in [4.78, 5) is 20.6. The van der Waals surface area contributed by atoms with Gasteiger partial charge in [-0.3, -0.25) is 9.69 Å². The standard InChI is InChI=1S/C26H30N6O2S/c1-15-11-31(12-16(2)34-15)13-22-7-20(14-35-22)23-9-24(29-21-4-5-21)32-26(30-23)19(10-27-32)6-18-8-25(33)28-17(18)3/h6-7,9-10,14-16,21,29H,3-5,8,11-13H2,1-2H3,(H,28,33)/b18-6+. The molecule has 0 radical (unpaired) electrons. The largest absolute Gasteiger partial charge is 0.373 e. The zero-order valence-corrected chi connectivity index (χ0v) is 20.9. The van der Waals surface area contributed by atoms with E-state index in [4.69, 9.17) is 9.72 Å². The first-order chi connectivity index (χ1) is 16.9. The summed E-state index contributed by atoms with van der Waals surface area (Å²) >= 11 is 1.78. The molecule has 1 amide bonds. The van der Waals surface area contributed by atoms with Gasteiger partial charge >= 0.3 is 0 Å². The number of hydrogen-bond acceptors (Lipinski definition) is 7. The van der Waals surface area contributed by atoms with Crippen molar-refractivity contribution >= 4 is 34.8 Å². The van der Waals surface area contributed by atoms with E-state index < -0.39 is 0 Å². The zero-order chi connectivity index (χ0) is 24.1. The number of anilines is 1. The van der Waals surface area contributed by atoms with Crippen LogP contribution in [0.2, 0.25) is 0 Å². The lowest BCUT2D eigenvalue weighted by Gasteiger charge is -2.34. The Labute approximate surface area is 208 Å². The second kappa shape index (κ2) is 8.89. The predicted molar refractivity (Wildman–Crippen MR) is 138 cm³/mol.